The molecule has 0 atom stereocenters. The molecule has 2 amide bonds. The van der Waals surface area contributed by atoms with Gasteiger partial charge in [-0.25, -0.2) is 14.1 Å². The van der Waals surface area contributed by atoms with Crippen molar-refractivity contribution < 1.29 is 33.4 Å². The highest BCUT2D eigenvalue weighted by Gasteiger charge is 2.39. The van der Waals surface area contributed by atoms with Crippen LogP contribution in [0.1, 0.15) is 55.4 Å². The molecule has 2 aromatic carbocycles. The molecule has 1 aliphatic heterocycles. The Hall–Kier alpha value is -3.85. The number of methoxy groups -OCH3 is 1. The Balaban J connectivity index is 1.79. The number of amides is 2. The number of ketones is 1. The number of fused-ring (bicyclic) bond motifs is 1. The van der Waals surface area contributed by atoms with Crippen LogP contribution in [0.2, 0.25) is 0 Å². The molecule has 0 aliphatic carbocycles. The van der Waals surface area contributed by atoms with Crippen LogP contribution in [-0.2, 0) is 16.6 Å². The van der Waals surface area contributed by atoms with Crippen molar-refractivity contribution in [3.63, 3.8) is 0 Å². The summed E-state index contributed by atoms with van der Waals surface area (Å²) < 4.78 is 20.2. The number of halogens is 1. The lowest BCUT2D eigenvalue weighted by Gasteiger charge is -2.29. The molecule has 0 saturated carbocycles. The zero-order valence-electron chi connectivity index (χ0n) is 18.5. The fourth-order valence-electron chi connectivity index (χ4n) is 3.98. The molecule has 0 bridgehead atoms. The summed E-state index contributed by atoms with van der Waals surface area (Å²) in [4.78, 5) is 51.9. The topological polar surface area (TPSA) is 101 Å². The number of para-hydroxylation sites is 1. The lowest BCUT2D eigenvalue weighted by molar-refractivity contribution is -0.117. The van der Waals surface area contributed by atoms with Gasteiger partial charge in [-0.05, 0) is 43.7 Å². The third kappa shape index (κ3) is 3.67. The SMILES string of the molecule is COc1ccccc1C(=O)C(C)(C)c1ccc(F)c(N2C(=O)Cc3scc(C(=O)O)c3C2=O)c1. The van der Waals surface area contributed by atoms with Gasteiger partial charge < -0.3 is 9.84 Å². The van der Waals surface area contributed by atoms with Crippen LogP contribution in [0.3, 0.4) is 0 Å². The van der Waals surface area contributed by atoms with Crippen molar-refractivity contribution in [2.75, 3.05) is 12.0 Å². The number of aromatic carboxylic acids is 1. The number of carbonyl (C=O) groups excluding carboxylic acids is 3. The van der Waals surface area contributed by atoms with Crippen LogP contribution in [0.5, 0.6) is 5.75 Å². The molecule has 0 fully saturated rings. The Morgan fingerprint density at radius 1 is 1.12 bits per heavy atom. The smallest absolute Gasteiger partial charge is 0.337 e. The summed E-state index contributed by atoms with van der Waals surface area (Å²) in [5.74, 6) is -3.65. The van der Waals surface area contributed by atoms with Crippen LogP contribution in [-0.4, -0.2) is 35.8 Å². The Morgan fingerprint density at radius 3 is 2.50 bits per heavy atom. The number of carbonyl (C=O) groups is 4. The van der Waals surface area contributed by atoms with Gasteiger partial charge in [0, 0.05) is 10.3 Å². The second-order valence-electron chi connectivity index (χ2n) is 8.28. The molecule has 9 heteroatoms. The highest BCUT2D eigenvalue weighted by molar-refractivity contribution is 7.11. The summed E-state index contributed by atoms with van der Waals surface area (Å²) in [7, 11) is 1.45. The monoisotopic (exact) mass is 481 g/mol. The van der Waals surface area contributed by atoms with Crippen LogP contribution < -0.4 is 9.64 Å². The Bertz CT molecular complexity index is 1360. The molecule has 4 rings (SSSR count). The van der Waals surface area contributed by atoms with E-state index in [-0.39, 0.29) is 29.0 Å². The van der Waals surface area contributed by atoms with E-state index in [4.69, 9.17) is 4.74 Å². The number of hydrogen-bond acceptors (Lipinski definition) is 6. The summed E-state index contributed by atoms with van der Waals surface area (Å²) >= 11 is 1.00. The normalized spacial score (nSPS) is 13.6. The first-order valence-electron chi connectivity index (χ1n) is 10.3. The number of hydrogen-bond donors (Lipinski definition) is 1. The van der Waals surface area contributed by atoms with Crippen molar-refractivity contribution in [3.05, 3.63) is 80.8 Å². The van der Waals surface area contributed by atoms with Gasteiger partial charge in [0.2, 0.25) is 5.91 Å². The van der Waals surface area contributed by atoms with Gasteiger partial charge >= 0.3 is 5.97 Å². The standard InChI is InChI=1S/C25H20FNO6S/c1-25(2,22(29)14-6-4-5-7-18(14)33-3)13-8-9-16(26)17(10-13)27-20(28)11-19-21(23(27)30)15(12-34-19)24(31)32/h4-10,12H,11H2,1-3H3,(H,31,32). The van der Waals surface area contributed by atoms with E-state index in [1.165, 1.54) is 24.6 Å². The Labute approximate surface area is 198 Å². The van der Waals surface area contributed by atoms with Crippen molar-refractivity contribution >= 4 is 40.6 Å². The molecule has 0 unspecified atom stereocenters. The van der Waals surface area contributed by atoms with Gasteiger partial charge in [-0.2, -0.15) is 0 Å². The quantitative estimate of drug-likeness (QED) is 0.411. The van der Waals surface area contributed by atoms with E-state index >= 15 is 0 Å². The van der Waals surface area contributed by atoms with Gasteiger partial charge in [0.05, 0.1) is 41.3 Å². The highest BCUT2D eigenvalue weighted by Crippen LogP contribution is 2.37. The summed E-state index contributed by atoms with van der Waals surface area (Å²) in [5.41, 5.74) is -1.15. The molecule has 34 heavy (non-hydrogen) atoms. The Morgan fingerprint density at radius 2 is 1.82 bits per heavy atom. The maximum absolute atomic E-state index is 14.9. The number of thiophene rings is 1. The summed E-state index contributed by atoms with van der Waals surface area (Å²) in [5, 5.41) is 10.7. The number of carboxylic acids is 1. The molecule has 0 radical (unpaired) electrons. The fourth-order valence-corrected chi connectivity index (χ4v) is 4.98. The van der Waals surface area contributed by atoms with E-state index in [0.29, 0.717) is 26.7 Å². The molecular formula is C25H20FNO6S. The van der Waals surface area contributed by atoms with E-state index in [1.54, 1.807) is 38.1 Å². The van der Waals surface area contributed by atoms with Crippen molar-refractivity contribution in [1.29, 1.82) is 0 Å². The molecule has 2 heterocycles. The third-order valence-corrected chi connectivity index (χ3v) is 6.89. The molecule has 1 aromatic heterocycles. The molecular weight excluding hydrogens is 461 g/mol. The average molecular weight is 482 g/mol. The van der Waals surface area contributed by atoms with Crippen molar-refractivity contribution in [2.45, 2.75) is 25.7 Å². The van der Waals surface area contributed by atoms with Crippen LogP contribution in [0.15, 0.2) is 47.8 Å². The van der Waals surface area contributed by atoms with Gasteiger partial charge in [0.1, 0.15) is 11.6 Å². The maximum atomic E-state index is 14.9. The van der Waals surface area contributed by atoms with E-state index in [9.17, 15) is 28.7 Å². The predicted octanol–water partition coefficient (Wildman–Crippen LogP) is 4.48. The van der Waals surface area contributed by atoms with Crippen molar-refractivity contribution in [2.24, 2.45) is 0 Å². The maximum Gasteiger partial charge on any atom is 0.337 e. The lowest BCUT2D eigenvalue weighted by atomic mass is 9.77. The van der Waals surface area contributed by atoms with Crippen LogP contribution in [0.4, 0.5) is 10.1 Å². The summed E-state index contributed by atoms with van der Waals surface area (Å²) in [6, 6.07) is 10.5. The minimum absolute atomic E-state index is 0.119. The molecule has 7 nitrogen and oxygen atoms in total. The average Bonchev–Trinajstić information content (AvgIpc) is 3.24. The molecule has 1 N–H and O–H groups in total. The second-order valence-corrected chi connectivity index (χ2v) is 9.25. The van der Waals surface area contributed by atoms with E-state index in [0.717, 1.165) is 17.4 Å². The summed E-state index contributed by atoms with van der Waals surface area (Å²) in [6.45, 7) is 3.30. The van der Waals surface area contributed by atoms with Gasteiger partial charge in [-0.3, -0.25) is 14.4 Å². The predicted molar refractivity (Wildman–Crippen MR) is 124 cm³/mol. The zero-order chi connectivity index (χ0) is 24.8. The van der Waals surface area contributed by atoms with Gasteiger partial charge in [-0.15, -0.1) is 11.3 Å². The number of benzene rings is 2. The van der Waals surface area contributed by atoms with Gasteiger partial charge in [0.15, 0.2) is 5.78 Å². The number of imide groups is 1. The van der Waals surface area contributed by atoms with Crippen molar-refractivity contribution in [3.8, 4) is 5.75 Å². The molecule has 0 saturated heterocycles. The second kappa shape index (κ2) is 8.49. The first-order chi connectivity index (χ1) is 16.1. The van der Waals surface area contributed by atoms with Gasteiger partial charge in [-0.1, -0.05) is 18.2 Å². The van der Waals surface area contributed by atoms with E-state index < -0.39 is 29.0 Å². The van der Waals surface area contributed by atoms with Gasteiger partial charge in [0.25, 0.3) is 5.91 Å². The first kappa shape index (κ1) is 23.3. The molecule has 0 spiro atoms. The molecule has 1 aliphatic rings. The largest absolute Gasteiger partial charge is 0.496 e. The minimum atomic E-state index is -1.31. The molecule has 174 valence electrons. The first-order valence-corrected chi connectivity index (χ1v) is 11.1. The lowest BCUT2D eigenvalue weighted by Crippen LogP contribution is -2.43. The van der Waals surface area contributed by atoms with E-state index in [2.05, 4.69) is 0 Å². The third-order valence-electron chi connectivity index (χ3n) is 5.90. The number of anilines is 1. The Kier molecular flexibility index (Phi) is 5.82. The molecule has 3 aromatic rings. The van der Waals surface area contributed by atoms with Crippen molar-refractivity contribution in [1.82, 2.24) is 0 Å². The summed E-state index contributed by atoms with van der Waals surface area (Å²) in [6.07, 6.45) is -0.230. The number of ether oxygens (including phenoxy) is 1. The van der Waals surface area contributed by atoms with Crippen LogP contribution >= 0.6 is 11.3 Å². The van der Waals surface area contributed by atoms with E-state index in [1.807, 2.05) is 0 Å². The fraction of sp³-hybridized carbons (Fsp3) is 0.200. The highest BCUT2D eigenvalue weighted by atomic mass is 32.1. The number of carboxylic acid groups (broad SMARTS) is 1. The number of nitrogens with zero attached hydrogens (tertiary/aromatic N) is 1. The number of rotatable bonds is 6. The number of Topliss-reactive ketones (excluding diaryl/α,β-unsaturated/α-hetero) is 1. The minimum Gasteiger partial charge on any atom is -0.496 e. The zero-order valence-corrected chi connectivity index (χ0v) is 19.4. The van der Waals surface area contributed by atoms with Crippen LogP contribution in [0.25, 0.3) is 0 Å². The van der Waals surface area contributed by atoms with Crippen LogP contribution in [0, 0.1) is 5.82 Å².